The fourth-order valence-corrected chi connectivity index (χ4v) is 6.30. The summed E-state index contributed by atoms with van der Waals surface area (Å²) in [6.45, 7) is 1.06. The van der Waals surface area contributed by atoms with E-state index >= 15 is 0 Å². The lowest BCUT2D eigenvalue weighted by molar-refractivity contribution is 0.112. The standard InChI is InChI=1S/C17H14Cl2N2O3S2/c18-15-8-12(17(19)25-15)16-13(9-22)11-7-10(3-4-14(11)20-16)26(23,24)21-5-1-2-6-21/h3-4,7-9,20H,1-2,5-6H2. The minimum Gasteiger partial charge on any atom is -0.354 e. The second kappa shape index (κ2) is 6.65. The van der Waals surface area contributed by atoms with E-state index in [9.17, 15) is 13.2 Å². The number of aldehydes is 1. The van der Waals surface area contributed by atoms with Crippen LogP contribution in [0, 0.1) is 0 Å². The molecule has 0 aliphatic carbocycles. The highest BCUT2D eigenvalue weighted by Gasteiger charge is 2.28. The van der Waals surface area contributed by atoms with Crippen molar-refractivity contribution in [3.63, 3.8) is 0 Å². The van der Waals surface area contributed by atoms with E-state index in [1.165, 1.54) is 15.6 Å². The predicted molar refractivity (Wildman–Crippen MR) is 105 cm³/mol. The molecule has 1 aliphatic rings. The Morgan fingerprint density at radius 2 is 1.88 bits per heavy atom. The molecule has 4 rings (SSSR count). The van der Waals surface area contributed by atoms with E-state index in [0.29, 0.717) is 55.8 Å². The number of sulfonamides is 1. The van der Waals surface area contributed by atoms with Crippen LogP contribution in [-0.2, 0) is 10.0 Å². The summed E-state index contributed by atoms with van der Waals surface area (Å²) in [6, 6.07) is 6.48. The van der Waals surface area contributed by atoms with Gasteiger partial charge in [0.2, 0.25) is 10.0 Å². The molecular formula is C17H14Cl2N2O3S2. The van der Waals surface area contributed by atoms with Crippen LogP contribution >= 0.6 is 34.5 Å². The summed E-state index contributed by atoms with van der Waals surface area (Å²) in [6.07, 6.45) is 2.45. The first-order valence-electron chi connectivity index (χ1n) is 7.98. The predicted octanol–water partition coefficient (Wildman–Crippen LogP) is 4.80. The summed E-state index contributed by atoms with van der Waals surface area (Å²) in [5.74, 6) is 0. The van der Waals surface area contributed by atoms with Crippen molar-refractivity contribution >= 4 is 61.8 Å². The summed E-state index contributed by atoms with van der Waals surface area (Å²) < 4.78 is 28.1. The van der Waals surface area contributed by atoms with Crippen molar-refractivity contribution < 1.29 is 13.2 Å². The Hall–Kier alpha value is -1.38. The number of halogens is 2. The lowest BCUT2D eigenvalue weighted by Gasteiger charge is -2.15. The zero-order valence-corrected chi connectivity index (χ0v) is 16.6. The number of benzene rings is 1. The van der Waals surface area contributed by atoms with Crippen LogP contribution in [0.3, 0.4) is 0 Å². The Morgan fingerprint density at radius 1 is 1.15 bits per heavy atom. The van der Waals surface area contributed by atoms with Crippen molar-refractivity contribution in [1.82, 2.24) is 9.29 Å². The van der Waals surface area contributed by atoms with Crippen LogP contribution < -0.4 is 0 Å². The number of nitrogens with zero attached hydrogens (tertiary/aromatic N) is 1. The monoisotopic (exact) mass is 428 g/mol. The molecule has 0 saturated carbocycles. The minimum absolute atomic E-state index is 0.190. The van der Waals surface area contributed by atoms with Crippen molar-refractivity contribution in [2.45, 2.75) is 17.7 Å². The topological polar surface area (TPSA) is 70.2 Å². The molecule has 9 heteroatoms. The molecule has 1 fully saturated rings. The molecule has 1 aromatic carbocycles. The molecule has 0 atom stereocenters. The molecule has 0 spiro atoms. The highest BCUT2D eigenvalue weighted by atomic mass is 35.5. The number of aromatic nitrogens is 1. The Balaban J connectivity index is 1.89. The van der Waals surface area contributed by atoms with Gasteiger partial charge in [-0.1, -0.05) is 23.2 Å². The van der Waals surface area contributed by atoms with Gasteiger partial charge in [-0.25, -0.2) is 8.42 Å². The molecule has 3 aromatic rings. The van der Waals surface area contributed by atoms with Crippen molar-refractivity contribution in [2.75, 3.05) is 13.1 Å². The molecule has 0 bridgehead atoms. The normalized spacial score (nSPS) is 15.8. The summed E-state index contributed by atoms with van der Waals surface area (Å²) in [5, 5.41) is 0.550. The number of H-pyrrole nitrogens is 1. The number of carbonyl (C=O) groups excluding carboxylic acids is 1. The first-order chi connectivity index (χ1) is 12.4. The number of nitrogens with one attached hydrogen (secondary N) is 1. The quantitative estimate of drug-likeness (QED) is 0.606. The summed E-state index contributed by atoms with van der Waals surface area (Å²) in [4.78, 5) is 15.1. The SMILES string of the molecule is O=Cc1c(-c2cc(Cl)sc2Cl)[nH]c2ccc(S(=O)(=O)N3CCCC3)cc12. The maximum Gasteiger partial charge on any atom is 0.243 e. The third-order valence-electron chi connectivity index (χ3n) is 4.56. The van der Waals surface area contributed by atoms with Crippen molar-refractivity contribution in [3.8, 4) is 11.3 Å². The van der Waals surface area contributed by atoms with E-state index < -0.39 is 10.0 Å². The number of fused-ring (bicyclic) bond motifs is 1. The van der Waals surface area contributed by atoms with Gasteiger partial charge in [0.15, 0.2) is 6.29 Å². The fourth-order valence-electron chi connectivity index (χ4n) is 3.28. The lowest BCUT2D eigenvalue weighted by Crippen LogP contribution is -2.27. The Kier molecular flexibility index (Phi) is 4.61. The van der Waals surface area contributed by atoms with Gasteiger partial charge in [-0.15, -0.1) is 11.3 Å². The molecule has 5 nitrogen and oxygen atoms in total. The zero-order chi connectivity index (χ0) is 18.5. The van der Waals surface area contributed by atoms with E-state index in [0.717, 1.165) is 12.8 Å². The van der Waals surface area contributed by atoms with E-state index in [4.69, 9.17) is 23.2 Å². The average Bonchev–Trinajstić information content (AvgIpc) is 3.32. The Morgan fingerprint density at radius 3 is 2.50 bits per heavy atom. The molecule has 0 amide bonds. The highest BCUT2D eigenvalue weighted by Crippen LogP contribution is 2.41. The van der Waals surface area contributed by atoms with Gasteiger partial charge >= 0.3 is 0 Å². The number of hydrogen-bond acceptors (Lipinski definition) is 4. The van der Waals surface area contributed by atoms with Crippen molar-refractivity contribution in [1.29, 1.82) is 0 Å². The molecular weight excluding hydrogens is 415 g/mol. The van der Waals surface area contributed by atoms with Gasteiger partial charge in [-0.3, -0.25) is 4.79 Å². The lowest BCUT2D eigenvalue weighted by atomic mass is 10.1. The molecule has 136 valence electrons. The van der Waals surface area contributed by atoms with Crippen LogP contribution in [-0.4, -0.2) is 37.1 Å². The zero-order valence-electron chi connectivity index (χ0n) is 13.5. The Bertz CT molecular complexity index is 1110. The second-order valence-corrected chi connectivity index (χ2v) is 10.3. The van der Waals surface area contributed by atoms with Crippen LogP contribution in [0.25, 0.3) is 22.2 Å². The highest BCUT2D eigenvalue weighted by molar-refractivity contribution is 7.89. The van der Waals surface area contributed by atoms with Gasteiger partial charge in [-0.2, -0.15) is 4.31 Å². The number of hydrogen-bond donors (Lipinski definition) is 1. The molecule has 3 heterocycles. The van der Waals surface area contributed by atoms with Gasteiger partial charge in [0.05, 0.1) is 14.9 Å². The number of carbonyl (C=O) groups is 1. The van der Waals surface area contributed by atoms with Crippen LogP contribution in [0.4, 0.5) is 0 Å². The number of thiophene rings is 1. The minimum atomic E-state index is -3.56. The second-order valence-electron chi connectivity index (χ2n) is 6.09. The molecule has 26 heavy (non-hydrogen) atoms. The fraction of sp³-hybridized carbons (Fsp3) is 0.235. The van der Waals surface area contributed by atoms with Gasteiger partial charge in [0.1, 0.15) is 4.34 Å². The van der Waals surface area contributed by atoms with E-state index in [1.807, 2.05) is 0 Å². The van der Waals surface area contributed by atoms with Gasteiger partial charge < -0.3 is 4.98 Å². The first kappa shape index (κ1) is 18.0. The first-order valence-corrected chi connectivity index (χ1v) is 11.0. The van der Waals surface area contributed by atoms with Crippen LogP contribution in [0.1, 0.15) is 23.2 Å². The number of aromatic amines is 1. The summed E-state index contributed by atoms with van der Waals surface area (Å²) >= 11 is 13.4. The van der Waals surface area contributed by atoms with Gasteiger partial charge in [0, 0.05) is 35.1 Å². The third-order valence-corrected chi connectivity index (χ3v) is 7.94. The summed E-state index contributed by atoms with van der Waals surface area (Å²) in [5.41, 5.74) is 2.21. The van der Waals surface area contributed by atoms with Crippen LogP contribution in [0.15, 0.2) is 29.2 Å². The largest absolute Gasteiger partial charge is 0.354 e. The van der Waals surface area contributed by atoms with E-state index in [-0.39, 0.29) is 4.90 Å². The van der Waals surface area contributed by atoms with E-state index in [1.54, 1.807) is 24.3 Å². The molecule has 1 aliphatic heterocycles. The number of rotatable bonds is 4. The van der Waals surface area contributed by atoms with Crippen LogP contribution in [0.5, 0.6) is 0 Å². The van der Waals surface area contributed by atoms with E-state index in [2.05, 4.69) is 4.98 Å². The average molecular weight is 429 g/mol. The third kappa shape index (κ3) is 2.88. The summed E-state index contributed by atoms with van der Waals surface area (Å²) in [7, 11) is -3.56. The van der Waals surface area contributed by atoms with Crippen molar-refractivity contribution in [3.05, 3.63) is 38.5 Å². The van der Waals surface area contributed by atoms with Crippen molar-refractivity contribution in [2.24, 2.45) is 0 Å². The molecule has 0 radical (unpaired) electrons. The van der Waals surface area contributed by atoms with Gasteiger partial charge in [0.25, 0.3) is 0 Å². The smallest absolute Gasteiger partial charge is 0.243 e. The maximum absolute atomic E-state index is 12.8. The molecule has 0 unspecified atom stereocenters. The molecule has 1 N–H and O–H groups in total. The molecule has 1 saturated heterocycles. The Labute approximate surface area is 164 Å². The van der Waals surface area contributed by atoms with Crippen LogP contribution in [0.2, 0.25) is 8.67 Å². The molecule has 2 aromatic heterocycles. The van der Waals surface area contributed by atoms with Gasteiger partial charge in [-0.05, 0) is 37.1 Å². The maximum atomic E-state index is 12.8.